The van der Waals surface area contributed by atoms with Crippen LogP contribution >= 0.6 is 0 Å². The summed E-state index contributed by atoms with van der Waals surface area (Å²) in [6.45, 7) is 4.46. The number of fused-ring (bicyclic) bond motifs is 10. The van der Waals surface area contributed by atoms with Crippen molar-refractivity contribution >= 4 is 22.6 Å². The van der Waals surface area contributed by atoms with Crippen LogP contribution in [-0.4, -0.2) is 26.4 Å². The molecule has 8 rings (SSSR count). The van der Waals surface area contributed by atoms with Gasteiger partial charge in [-0.05, 0) is 85.7 Å². The summed E-state index contributed by atoms with van der Waals surface area (Å²) in [5, 5.41) is 0. The van der Waals surface area contributed by atoms with Crippen molar-refractivity contribution in [1.29, 1.82) is 0 Å². The largest absolute Gasteiger partial charge is 0.356 e. The summed E-state index contributed by atoms with van der Waals surface area (Å²) in [4.78, 5) is 21.4. The number of hydrogen-bond acceptors (Lipinski definition) is 2. The Morgan fingerprint density at radius 1 is 0.452 bits per heavy atom. The lowest BCUT2D eigenvalue weighted by Gasteiger charge is -2.22. The standard InChI is InChI=1S/C37H29N5/c1-37(2)33-21-19-27(41-33)25-13-15-29(38-25)35(23-9-5-3-6-10-23)31-17-18-32(40-31)36(24-11-7-4-8-12-24)30-16-14-26(39-30)28-20-22-34(37)42-28/h3-22,40-42H,1-2H3/b35-29-,36-30+. The van der Waals surface area contributed by atoms with E-state index >= 15 is 0 Å². The van der Waals surface area contributed by atoms with Gasteiger partial charge in [-0.1, -0.05) is 60.7 Å². The van der Waals surface area contributed by atoms with Crippen LogP contribution in [0.2, 0.25) is 0 Å². The number of nitrogens with zero attached hydrogens (tertiary/aromatic N) is 2. The summed E-state index contributed by atoms with van der Waals surface area (Å²) in [6, 6.07) is 33.8. The van der Waals surface area contributed by atoms with Crippen LogP contribution in [0.3, 0.4) is 0 Å². The zero-order valence-electron chi connectivity index (χ0n) is 23.4. The minimum Gasteiger partial charge on any atom is -0.356 e. The van der Waals surface area contributed by atoms with Crippen LogP contribution in [0.15, 0.2) is 143 Å². The summed E-state index contributed by atoms with van der Waals surface area (Å²) in [6.07, 6.45) is 8.43. The van der Waals surface area contributed by atoms with Gasteiger partial charge < -0.3 is 15.0 Å². The van der Waals surface area contributed by atoms with Gasteiger partial charge in [0.05, 0.1) is 34.2 Å². The molecule has 3 aliphatic heterocycles. The van der Waals surface area contributed by atoms with Crippen molar-refractivity contribution < 1.29 is 0 Å². The van der Waals surface area contributed by atoms with E-state index < -0.39 is 0 Å². The van der Waals surface area contributed by atoms with Gasteiger partial charge in [0.15, 0.2) is 0 Å². The molecule has 0 fully saturated rings. The molecule has 5 heteroatoms. The van der Waals surface area contributed by atoms with E-state index in [4.69, 9.17) is 9.98 Å². The highest BCUT2D eigenvalue weighted by Gasteiger charge is 2.28. The van der Waals surface area contributed by atoms with Crippen LogP contribution in [-0.2, 0) is 5.41 Å². The van der Waals surface area contributed by atoms with Crippen LogP contribution in [0.25, 0.3) is 11.1 Å². The summed E-state index contributed by atoms with van der Waals surface area (Å²) >= 11 is 0. The number of aromatic nitrogens is 3. The lowest BCUT2D eigenvalue weighted by Crippen LogP contribution is -2.20. The van der Waals surface area contributed by atoms with Crippen molar-refractivity contribution in [2.24, 2.45) is 9.98 Å². The van der Waals surface area contributed by atoms with Gasteiger partial charge in [-0.2, -0.15) is 0 Å². The second-order valence-electron chi connectivity index (χ2n) is 11.4. The molecule has 0 atom stereocenters. The maximum atomic E-state index is 5.15. The third kappa shape index (κ3) is 3.93. The molecule has 42 heavy (non-hydrogen) atoms. The molecule has 3 aliphatic rings. The van der Waals surface area contributed by atoms with Crippen LogP contribution in [0.1, 0.15) is 59.1 Å². The number of aromatic amines is 3. The summed E-state index contributed by atoms with van der Waals surface area (Å²) in [5.41, 5.74) is 14.0. The van der Waals surface area contributed by atoms with Gasteiger partial charge in [0.2, 0.25) is 0 Å². The van der Waals surface area contributed by atoms with Gasteiger partial charge in [-0.25, -0.2) is 9.98 Å². The van der Waals surface area contributed by atoms with Crippen molar-refractivity contribution in [3.8, 4) is 0 Å². The molecule has 0 saturated carbocycles. The zero-order valence-corrected chi connectivity index (χ0v) is 23.4. The maximum Gasteiger partial charge on any atom is 0.0872 e. The molecule has 0 unspecified atom stereocenters. The minimum absolute atomic E-state index is 0.270. The third-order valence-corrected chi connectivity index (χ3v) is 8.41. The second-order valence-corrected chi connectivity index (χ2v) is 11.4. The summed E-state index contributed by atoms with van der Waals surface area (Å²) < 4.78 is 0. The van der Waals surface area contributed by atoms with Gasteiger partial charge in [0.1, 0.15) is 0 Å². The minimum atomic E-state index is -0.270. The Hall–Kier alpha value is -5.42. The van der Waals surface area contributed by atoms with Gasteiger partial charge >= 0.3 is 0 Å². The Labute approximate surface area is 244 Å². The molecule has 0 spiro atoms. The quantitative estimate of drug-likeness (QED) is 0.202. The molecule has 3 N–H and O–H groups in total. The van der Waals surface area contributed by atoms with Crippen molar-refractivity contribution in [3.63, 3.8) is 0 Å². The Kier molecular flexibility index (Phi) is 5.41. The number of hydrogen-bond donors (Lipinski definition) is 3. The van der Waals surface area contributed by atoms with E-state index in [0.717, 1.165) is 79.3 Å². The average molecular weight is 544 g/mol. The van der Waals surface area contributed by atoms with Gasteiger partial charge in [0.25, 0.3) is 0 Å². The van der Waals surface area contributed by atoms with Crippen LogP contribution < -0.4 is 0 Å². The predicted octanol–water partition coefficient (Wildman–Crippen LogP) is 7.95. The van der Waals surface area contributed by atoms with E-state index in [1.54, 1.807) is 0 Å². The van der Waals surface area contributed by atoms with Crippen molar-refractivity contribution in [2.75, 3.05) is 0 Å². The highest BCUT2D eigenvalue weighted by Crippen LogP contribution is 2.36. The van der Waals surface area contributed by atoms with E-state index in [1.807, 2.05) is 12.1 Å². The van der Waals surface area contributed by atoms with Crippen LogP contribution in [0.4, 0.5) is 0 Å². The number of aliphatic imine (C=N–C) groups is 2. The SMILES string of the molecule is CC1(C)c2ccc([nH]2)C2=N/C(=C(/c3ccccc3)c3ccc([nH]3)/C(c3ccccc3)=C3\C=CC(=N3)c3ccc1[nH]3)C=C2. The number of nitrogens with one attached hydrogen (secondary N) is 3. The molecule has 0 saturated heterocycles. The molecule has 0 amide bonds. The first kappa shape index (κ1) is 24.4. The third-order valence-electron chi connectivity index (χ3n) is 8.41. The predicted molar refractivity (Wildman–Crippen MR) is 171 cm³/mol. The molecule has 3 aromatic heterocycles. The number of benzene rings is 2. The van der Waals surface area contributed by atoms with Crippen LogP contribution in [0, 0.1) is 0 Å². The monoisotopic (exact) mass is 543 g/mol. The second kappa shape index (κ2) is 9.32. The van der Waals surface area contributed by atoms with Gasteiger partial charge in [-0.15, -0.1) is 0 Å². The zero-order chi connectivity index (χ0) is 28.3. The average Bonchev–Trinajstić information content (AvgIpc) is 3.84. The van der Waals surface area contributed by atoms with Gasteiger partial charge in [0, 0.05) is 39.3 Å². The first-order valence-corrected chi connectivity index (χ1v) is 14.3. The van der Waals surface area contributed by atoms with E-state index in [-0.39, 0.29) is 5.41 Å². The fourth-order valence-corrected chi connectivity index (χ4v) is 6.05. The molecular weight excluding hydrogens is 514 g/mol. The Bertz CT molecular complexity index is 1890. The molecule has 5 nitrogen and oxygen atoms in total. The molecule has 0 aliphatic carbocycles. The molecule has 2 aromatic carbocycles. The Balaban J connectivity index is 1.40. The molecule has 10 bridgehead atoms. The lowest BCUT2D eigenvalue weighted by atomic mass is 9.86. The summed E-state index contributed by atoms with van der Waals surface area (Å²) in [7, 11) is 0. The van der Waals surface area contributed by atoms with E-state index in [0.29, 0.717) is 0 Å². The first-order chi connectivity index (χ1) is 20.5. The number of allylic oxidation sites excluding steroid dienone is 4. The van der Waals surface area contributed by atoms with Crippen molar-refractivity contribution in [1.82, 2.24) is 15.0 Å². The van der Waals surface area contributed by atoms with Crippen LogP contribution in [0.5, 0.6) is 0 Å². The number of rotatable bonds is 2. The number of H-pyrrole nitrogens is 3. The molecule has 202 valence electrons. The smallest absolute Gasteiger partial charge is 0.0872 e. The Morgan fingerprint density at radius 2 is 0.881 bits per heavy atom. The van der Waals surface area contributed by atoms with E-state index in [9.17, 15) is 0 Å². The normalized spacial score (nSPS) is 20.3. The molecular formula is C37H29N5. The fourth-order valence-electron chi connectivity index (χ4n) is 6.05. The topological polar surface area (TPSA) is 72.1 Å². The lowest BCUT2D eigenvalue weighted by molar-refractivity contribution is 0.603. The van der Waals surface area contributed by atoms with Gasteiger partial charge in [-0.3, -0.25) is 0 Å². The van der Waals surface area contributed by atoms with E-state index in [2.05, 4.69) is 138 Å². The van der Waals surface area contributed by atoms with Crippen molar-refractivity contribution in [2.45, 2.75) is 19.3 Å². The Morgan fingerprint density at radius 3 is 1.33 bits per heavy atom. The maximum absolute atomic E-state index is 5.15. The highest BCUT2D eigenvalue weighted by molar-refractivity contribution is 6.12. The summed E-state index contributed by atoms with van der Waals surface area (Å²) in [5.74, 6) is 0. The fraction of sp³-hybridized carbons (Fsp3) is 0.0811. The molecule has 5 aromatic rings. The molecule has 0 radical (unpaired) electrons. The van der Waals surface area contributed by atoms with E-state index in [1.165, 1.54) is 0 Å². The highest BCUT2D eigenvalue weighted by atomic mass is 14.9. The van der Waals surface area contributed by atoms with Crippen molar-refractivity contribution in [3.05, 3.63) is 178 Å². The first-order valence-electron chi connectivity index (χ1n) is 14.3. The molecule has 6 heterocycles.